The van der Waals surface area contributed by atoms with Crippen LogP contribution in [0.1, 0.15) is 12.8 Å². The molecule has 1 aliphatic rings. The molecule has 0 saturated carbocycles. The first kappa shape index (κ1) is 22.0. The third kappa shape index (κ3) is 5.21. The minimum Gasteiger partial charge on any atom is -0.484 e. The maximum Gasteiger partial charge on any atom is 0.258 e. The summed E-state index contributed by atoms with van der Waals surface area (Å²) in [6.07, 6.45) is 7.39. The molecular formula is C27H27N5O2. The second-order valence-corrected chi connectivity index (χ2v) is 8.67. The number of hydrogen-bond acceptors (Lipinski definition) is 6. The van der Waals surface area contributed by atoms with Crippen molar-refractivity contribution >= 4 is 16.8 Å². The number of amides is 1. The van der Waals surface area contributed by atoms with Crippen LogP contribution >= 0.6 is 0 Å². The Morgan fingerprint density at radius 1 is 1.03 bits per heavy atom. The lowest BCUT2D eigenvalue weighted by molar-refractivity contribution is -0.124. The summed E-state index contributed by atoms with van der Waals surface area (Å²) in [5, 5.41) is 4.03. The van der Waals surface area contributed by atoms with E-state index in [1.54, 1.807) is 6.20 Å². The molecular weight excluding hydrogens is 426 g/mol. The predicted molar refractivity (Wildman–Crippen MR) is 132 cm³/mol. The molecule has 0 atom stereocenters. The lowest BCUT2D eigenvalue weighted by atomic mass is 10.1. The van der Waals surface area contributed by atoms with Crippen LogP contribution in [0.2, 0.25) is 0 Å². The highest BCUT2D eigenvalue weighted by molar-refractivity contribution is 5.85. The van der Waals surface area contributed by atoms with Gasteiger partial charge in [0.1, 0.15) is 5.75 Å². The normalized spacial score (nSPS) is 14.7. The summed E-state index contributed by atoms with van der Waals surface area (Å²) in [5.74, 6) is 1.14. The Hall–Kier alpha value is -3.84. The number of aromatic nitrogens is 3. The van der Waals surface area contributed by atoms with Gasteiger partial charge in [-0.3, -0.25) is 9.78 Å². The highest BCUT2D eigenvalue weighted by Crippen LogP contribution is 2.26. The van der Waals surface area contributed by atoms with Gasteiger partial charge < -0.3 is 15.0 Å². The average Bonchev–Trinajstić information content (AvgIpc) is 2.89. The standard InChI is InChI=1S/C27H27N5O2/c1-32-12-9-23(10-13-32)30-26(33)18-34-24-6-2-4-20(15-24)27-29-17-22-14-19(7-8-25(22)31-27)21-5-3-11-28-16-21/h2-8,11,14-17,23H,9-10,12-13,18H2,1H3,(H,30,33). The molecule has 172 valence electrons. The van der Waals surface area contributed by atoms with Crippen molar-refractivity contribution in [2.75, 3.05) is 26.7 Å². The van der Waals surface area contributed by atoms with Crippen LogP contribution in [-0.2, 0) is 4.79 Å². The number of rotatable bonds is 6. The minimum absolute atomic E-state index is 0.00844. The number of fused-ring (bicyclic) bond motifs is 1. The molecule has 3 heterocycles. The zero-order valence-electron chi connectivity index (χ0n) is 19.1. The van der Waals surface area contributed by atoms with Crippen molar-refractivity contribution < 1.29 is 9.53 Å². The second-order valence-electron chi connectivity index (χ2n) is 8.67. The first-order chi connectivity index (χ1) is 16.6. The maximum absolute atomic E-state index is 12.3. The van der Waals surface area contributed by atoms with Gasteiger partial charge in [-0.05, 0) is 68.9 Å². The van der Waals surface area contributed by atoms with Crippen LogP contribution in [-0.4, -0.2) is 58.5 Å². The van der Waals surface area contributed by atoms with Crippen molar-refractivity contribution in [3.63, 3.8) is 0 Å². The molecule has 1 fully saturated rings. The van der Waals surface area contributed by atoms with Crippen LogP contribution < -0.4 is 10.1 Å². The van der Waals surface area contributed by atoms with E-state index in [2.05, 4.69) is 33.3 Å². The van der Waals surface area contributed by atoms with Gasteiger partial charge in [0, 0.05) is 41.1 Å². The number of carbonyl (C=O) groups excluding carboxylic acids is 1. The molecule has 2 aromatic heterocycles. The third-order valence-electron chi connectivity index (χ3n) is 6.12. The molecule has 0 unspecified atom stereocenters. The molecule has 7 nitrogen and oxygen atoms in total. The highest BCUT2D eigenvalue weighted by Gasteiger charge is 2.18. The van der Waals surface area contributed by atoms with Gasteiger partial charge in [-0.15, -0.1) is 0 Å². The van der Waals surface area contributed by atoms with Crippen molar-refractivity contribution in [1.29, 1.82) is 0 Å². The zero-order chi connectivity index (χ0) is 23.3. The summed E-state index contributed by atoms with van der Waals surface area (Å²) in [4.78, 5) is 28.1. The topological polar surface area (TPSA) is 80.2 Å². The maximum atomic E-state index is 12.3. The minimum atomic E-state index is -0.0914. The summed E-state index contributed by atoms with van der Waals surface area (Å²) >= 11 is 0. The van der Waals surface area contributed by atoms with Gasteiger partial charge in [-0.2, -0.15) is 0 Å². The Kier molecular flexibility index (Phi) is 6.44. The Morgan fingerprint density at radius 3 is 2.71 bits per heavy atom. The number of benzene rings is 2. The molecule has 34 heavy (non-hydrogen) atoms. The summed E-state index contributed by atoms with van der Waals surface area (Å²) in [6.45, 7) is 2.00. The van der Waals surface area contributed by atoms with Crippen molar-refractivity contribution in [2.24, 2.45) is 0 Å². The molecule has 1 aliphatic heterocycles. The Bertz CT molecular complexity index is 1290. The van der Waals surface area contributed by atoms with E-state index in [-0.39, 0.29) is 18.6 Å². The van der Waals surface area contributed by atoms with Crippen LogP contribution in [0, 0.1) is 0 Å². The van der Waals surface area contributed by atoms with Gasteiger partial charge in [-0.1, -0.05) is 24.3 Å². The van der Waals surface area contributed by atoms with E-state index in [1.807, 2.05) is 60.9 Å². The molecule has 2 aromatic carbocycles. The largest absolute Gasteiger partial charge is 0.484 e. The number of hydrogen-bond donors (Lipinski definition) is 1. The van der Waals surface area contributed by atoms with Gasteiger partial charge in [0.25, 0.3) is 5.91 Å². The molecule has 1 N–H and O–H groups in total. The quantitative estimate of drug-likeness (QED) is 0.476. The van der Waals surface area contributed by atoms with E-state index in [4.69, 9.17) is 9.72 Å². The second kappa shape index (κ2) is 9.97. The Morgan fingerprint density at radius 2 is 1.88 bits per heavy atom. The van der Waals surface area contributed by atoms with Crippen LogP contribution in [0.3, 0.4) is 0 Å². The molecule has 0 spiro atoms. The Labute approximate surface area is 198 Å². The lowest BCUT2D eigenvalue weighted by Gasteiger charge is -2.29. The van der Waals surface area contributed by atoms with E-state index < -0.39 is 0 Å². The molecule has 1 saturated heterocycles. The fraction of sp³-hybridized carbons (Fsp3) is 0.259. The van der Waals surface area contributed by atoms with Gasteiger partial charge >= 0.3 is 0 Å². The number of pyridine rings is 1. The number of carbonyl (C=O) groups is 1. The third-order valence-corrected chi connectivity index (χ3v) is 6.12. The predicted octanol–water partition coefficient (Wildman–Crippen LogP) is 3.95. The highest BCUT2D eigenvalue weighted by atomic mass is 16.5. The van der Waals surface area contributed by atoms with Crippen LogP contribution in [0.25, 0.3) is 33.4 Å². The average molecular weight is 454 g/mol. The summed E-state index contributed by atoms with van der Waals surface area (Å²) in [5.41, 5.74) is 3.83. The summed E-state index contributed by atoms with van der Waals surface area (Å²) in [7, 11) is 2.10. The van der Waals surface area contributed by atoms with Crippen molar-refractivity contribution in [3.8, 4) is 28.3 Å². The SMILES string of the molecule is CN1CCC(NC(=O)COc2cccc(-c3ncc4cc(-c5cccnc5)ccc4n3)c2)CC1. The van der Waals surface area contributed by atoms with Gasteiger partial charge in [-0.25, -0.2) is 9.97 Å². The fourth-order valence-corrected chi connectivity index (χ4v) is 4.18. The van der Waals surface area contributed by atoms with Gasteiger partial charge in [0.2, 0.25) is 0 Å². The van der Waals surface area contributed by atoms with Crippen molar-refractivity contribution in [2.45, 2.75) is 18.9 Å². The lowest BCUT2D eigenvalue weighted by Crippen LogP contribution is -2.44. The molecule has 0 aliphatic carbocycles. The molecule has 7 heteroatoms. The molecule has 1 amide bonds. The molecule has 0 bridgehead atoms. The number of ether oxygens (including phenoxy) is 1. The summed E-state index contributed by atoms with van der Waals surface area (Å²) < 4.78 is 5.76. The number of nitrogens with zero attached hydrogens (tertiary/aromatic N) is 4. The van der Waals surface area contributed by atoms with Crippen molar-refractivity contribution in [3.05, 3.63) is 73.2 Å². The molecule has 5 rings (SSSR count). The van der Waals surface area contributed by atoms with E-state index in [0.29, 0.717) is 11.6 Å². The van der Waals surface area contributed by atoms with Crippen LogP contribution in [0.15, 0.2) is 73.2 Å². The van der Waals surface area contributed by atoms with Gasteiger partial charge in [0.15, 0.2) is 12.4 Å². The van der Waals surface area contributed by atoms with E-state index >= 15 is 0 Å². The van der Waals surface area contributed by atoms with Crippen LogP contribution in [0.4, 0.5) is 0 Å². The van der Waals surface area contributed by atoms with E-state index in [9.17, 15) is 4.79 Å². The van der Waals surface area contributed by atoms with Crippen molar-refractivity contribution in [1.82, 2.24) is 25.2 Å². The van der Waals surface area contributed by atoms with Gasteiger partial charge in [0.05, 0.1) is 5.52 Å². The summed E-state index contributed by atoms with van der Waals surface area (Å²) in [6, 6.07) is 17.8. The van der Waals surface area contributed by atoms with E-state index in [0.717, 1.165) is 53.5 Å². The Balaban J connectivity index is 1.26. The zero-order valence-corrected chi connectivity index (χ0v) is 19.1. The fourth-order valence-electron chi connectivity index (χ4n) is 4.18. The smallest absolute Gasteiger partial charge is 0.258 e. The first-order valence-corrected chi connectivity index (χ1v) is 11.5. The first-order valence-electron chi connectivity index (χ1n) is 11.5. The van der Waals surface area contributed by atoms with Crippen LogP contribution in [0.5, 0.6) is 5.75 Å². The molecule has 0 radical (unpaired) electrons. The number of piperidine rings is 1. The van der Waals surface area contributed by atoms with E-state index in [1.165, 1.54) is 0 Å². The number of likely N-dealkylation sites (tertiary alicyclic amines) is 1. The number of nitrogens with one attached hydrogen (secondary N) is 1. The molecule has 4 aromatic rings. The monoisotopic (exact) mass is 453 g/mol.